The molecule has 0 fully saturated rings. The zero-order valence-electron chi connectivity index (χ0n) is 14.5. The zero-order valence-corrected chi connectivity index (χ0v) is 15.3. The van der Waals surface area contributed by atoms with Gasteiger partial charge in [-0.3, -0.25) is 9.89 Å². The Balaban J connectivity index is 2.44. The maximum absolute atomic E-state index is 12.8. The smallest absolute Gasteiger partial charge is 0.272 e. The van der Waals surface area contributed by atoms with Crippen LogP contribution in [0.5, 0.6) is 0 Å². The molecule has 0 saturated carbocycles. The van der Waals surface area contributed by atoms with Crippen LogP contribution in [0, 0.1) is 20.8 Å². The summed E-state index contributed by atoms with van der Waals surface area (Å²) in [6.07, 6.45) is 0. The van der Waals surface area contributed by atoms with Gasteiger partial charge in [-0.25, -0.2) is 8.42 Å². The monoisotopic (exact) mass is 350 g/mol. The number of hydrogen-bond donors (Lipinski definition) is 2. The van der Waals surface area contributed by atoms with Crippen LogP contribution in [0.2, 0.25) is 0 Å². The van der Waals surface area contributed by atoms with Gasteiger partial charge in [-0.2, -0.15) is 4.98 Å². The molecule has 8 heteroatoms. The second kappa shape index (κ2) is 6.82. The van der Waals surface area contributed by atoms with Crippen molar-refractivity contribution in [3.8, 4) is 0 Å². The Hall–Kier alpha value is -2.06. The van der Waals surface area contributed by atoms with Crippen LogP contribution in [-0.2, 0) is 9.84 Å². The summed E-state index contributed by atoms with van der Waals surface area (Å²) >= 11 is 0. The maximum Gasteiger partial charge on any atom is 0.272 e. The molecule has 2 N–H and O–H groups in total. The molecule has 0 aliphatic rings. The predicted octanol–water partition coefficient (Wildman–Crippen LogP) is 1.74. The number of nitrogens with one attached hydrogen (secondary N) is 2. The summed E-state index contributed by atoms with van der Waals surface area (Å²) in [5.41, 5.74) is 2.24. The van der Waals surface area contributed by atoms with E-state index in [2.05, 4.69) is 20.5 Å². The SMILES string of the molecule is CCNC(C)C(=O)c1nc(S(=O)(=O)c2c(C)cc(C)cc2C)n[nH]1. The van der Waals surface area contributed by atoms with Gasteiger partial charge in [-0.15, -0.1) is 5.10 Å². The molecule has 1 atom stereocenters. The fraction of sp³-hybridized carbons (Fsp3) is 0.438. The number of aryl methyl sites for hydroxylation is 3. The minimum Gasteiger partial charge on any atom is -0.308 e. The van der Waals surface area contributed by atoms with Crippen molar-refractivity contribution in [2.75, 3.05) is 6.54 Å². The van der Waals surface area contributed by atoms with Gasteiger partial charge in [0.05, 0.1) is 10.9 Å². The summed E-state index contributed by atoms with van der Waals surface area (Å²) in [5, 5.41) is 8.78. The molecule has 1 aromatic carbocycles. The molecular weight excluding hydrogens is 328 g/mol. The molecule has 7 nitrogen and oxygen atoms in total. The summed E-state index contributed by atoms with van der Waals surface area (Å²) in [7, 11) is -3.89. The van der Waals surface area contributed by atoms with Crippen molar-refractivity contribution in [1.29, 1.82) is 0 Å². The Morgan fingerprint density at radius 3 is 2.38 bits per heavy atom. The lowest BCUT2D eigenvalue weighted by Crippen LogP contribution is -2.34. The number of aromatic nitrogens is 3. The summed E-state index contributed by atoms with van der Waals surface area (Å²) in [6.45, 7) is 9.56. The van der Waals surface area contributed by atoms with E-state index in [9.17, 15) is 13.2 Å². The number of rotatable bonds is 6. The number of carbonyl (C=O) groups excluding carboxylic acids is 1. The van der Waals surface area contributed by atoms with Gasteiger partial charge < -0.3 is 5.32 Å². The Kier molecular flexibility index (Phi) is 5.19. The zero-order chi connectivity index (χ0) is 18.1. The van der Waals surface area contributed by atoms with E-state index in [-0.39, 0.29) is 21.7 Å². The van der Waals surface area contributed by atoms with Crippen LogP contribution in [0.3, 0.4) is 0 Å². The van der Waals surface area contributed by atoms with Gasteiger partial charge in [0.15, 0.2) is 5.82 Å². The summed E-state index contributed by atoms with van der Waals surface area (Å²) < 4.78 is 25.7. The third kappa shape index (κ3) is 3.39. The Bertz CT molecular complexity index is 848. The largest absolute Gasteiger partial charge is 0.308 e. The highest BCUT2D eigenvalue weighted by Gasteiger charge is 2.29. The number of likely N-dealkylation sites (N-methyl/N-ethyl adjacent to an activating group) is 1. The van der Waals surface area contributed by atoms with Crippen molar-refractivity contribution >= 4 is 15.6 Å². The minimum absolute atomic E-state index is 0.0653. The lowest BCUT2D eigenvalue weighted by atomic mass is 10.1. The fourth-order valence-corrected chi connectivity index (χ4v) is 4.29. The van der Waals surface area contributed by atoms with Gasteiger partial charge in [0.1, 0.15) is 0 Å². The summed E-state index contributed by atoms with van der Waals surface area (Å²) in [5.74, 6) is -0.396. The van der Waals surface area contributed by atoms with Crippen LogP contribution < -0.4 is 5.32 Å². The van der Waals surface area contributed by atoms with Crippen molar-refractivity contribution in [3.63, 3.8) is 0 Å². The van der Waals surface area contributed by atoms with E-state index in [4.69, 9.17) is 0 Å². The first-order chi connectivity index (χ1) is 11.2. The minimum atomic E-state index is -3.89. The molecule has 2 rings (SSSR count). The van der Waals surface area contributed by atoms with Crippen molar-refractivity contribution < 1.29 is 13.2 Å². The standard InChI is InChI=1S/C16H22N4O3S/c1-6-17-12(5)13(21)15-18-16(20-19-15)24(22,23)14-10(3)7-9(2)8-11(14)4/h7-8,12,17H,6H2,1-5H3,(H,18,19,20). The van der Waals surface area contributed by atoms with Crippen LogP contribution in [0.25, 0.3) is 0 Å². The molecule has 0 aliphatic heterocycles. The molecule has 1 aromatic heterocycles. The molecule has 24 heavy (non-hydrogen) atoms. The molecule has 2 aromatic rings. The number of Topliss-reactive ketones (excluding diaryl/α,β-unsaturated/α-hetero) is 1. The molecule has 130 valence electrons. The second-order valence-electron chi connectivity index (χ2n) is 5.84. The van der Waals surface area contributed by atoms with E-state index in [1.54, 1.807) is 32.9 Å². The molecule has 0 saturated heterocycles. The third-order valence-corrected chi connectivity index (χ3v) is 5.56. The Morgan fingerprint density at radius 1 is 1.25 bits per heavy atom. The highest BCUT2D eigenvalue weighted by Crippen LogP contribution is 2.26. The number of aromatic amines is 1. The molecule has 1 heterocycles. The van der Waals surface area contributed by atoms with E-state index >= 15 is 0 Å². The number of sulfone groups is 1. The molecule has 1 unspecified atom stereocenters. The molecule has 0 amide bonds. The molecule has 0 aliphatic carbocycles. The first kappa shape index (κ1) is 18.3. The fourth-order valence-electron chi connectivity index (χ4n) is 2.76. The Morgan fingerprint density at radius 2 is 1.83 bits per heavy atom. The Labute approximate surface area is 141 Å². The van der Waals surface area contributed by atoms with E-state index in [1.807, 2.05) is 13.8 Å². The number of nitrogens with zero attached hydrogens (tertiary/aromatic N) is 2. The number of carbonyl (C=O) groups is 1. The second-order valence-corrected chi connectivity index (χ2v) is 7.62. The topological polar surface area (TPSA) is 105 Å². The highest BCUT2D eigenvalue weighted by molar-refractivity contribution is 7.91. The predicted molar refractivity (Wildman–Crippen MR) is 90.0 cm³/mol. The number of hydrogen-bond acceptors (Lipinski definition) is 6. The average molecular weight is 350 g/mol. The van der Waals surface area contributed by atoms with Gasteiger partial charge in [0.25, 0.3) is 5.16 Å². The lowest BCUT2D eigenvalue weighted by Gasteiger charge is -2.10. The number of H-pyrrole nitrogens is 1. The molecular formula is C16H22N4O3S. The van der Waals surface area contributed by atoms with E-state index in [0.717, 1.165) is 5.56 Å². The quantitative estimate of drug-likeness (QED) is 0.769. The summed E-state index contributed by atoms with van der Waals surface area (Å²) in [4.78, 5) is 16.3. The first-order valence-electron chi connectivity index (χ1n) is 7.71. The van der Waals surface area contributed by atoms with Crippen molar-refractivity contribution in [1.82, 2.24) is 20.5 Å². The lowest BCUT2D eigenvalue weighted by molar-refractivity contribution is 0.0942. The van der Waals surface area contributed by atoms with Crippen molar-refractivity contribution in [3.05, 3.63) is 34.6 Å². The normalized spacial score (nSPS) is 13.0. The average Bonchev–Trinajstić information content (AvgIpc) is 2.95. The van der Waals surface area contributed by atoms with Crippen LogP contribution in [0.4, 0.5) is 0 Å². The molecule has 0 bridgehead atoms. The van der Waals surface area contributed by atoms with Crippen LogP contribution >= 0.6 is 0 Å². The third-order valence-electron chi connectivity index (χ3n) is 3.72. The molecule has 0 radical (unpaired) electrons. The van der Waals surface area contributed by atoms with E-state index in [0.29, 0.717) is 17.7 Å². The summed E-state index contributed by atoms with van der Waals surface area (Å²) in [6, 6.07) is 3.12. The maximum atomic E-state index is 12.8. The van der Waals surface area contributed by atoms with Gasteiger partial charge in [0, 0.05) is 0 Å². The molecule has 0 spiro atoms. The van der Waals surface area contributed by atoms with Crippen molar-refractivity contribution in [2.24, 2.45) is 0 Å². The van der Waals surface area contributed by atoms with Gasteiger partial charge in [-0.05, 0) is 45.4 Å². The van der Waals surface area contributed by atoms with Crippen LogP contribution in [0.15, 0.2) is 22.2 Å². The van der Waals surface area contributed by atoms with Crippen LogP contribution in [0.1, 0.15) is 41.2 Å². The van der Waals surface area contributed by atoms with Gasteiger partial charge >= 0.3 is 0 Å². The number of ketones is 1. The van der Waals surface area contributed by atoms with Gasteiger partial charge in [-0.1, -0.05) is 24.6 Å². The van der Waals surface area contributed by atoms with E-state index in [1.165, 1.54) is 0 Å². The van der Waals surface area contributed by atoms with Crippen molar-refractivity contribution in [2.45, 2.75) is 50.7 Å². The van der Waals surface area contributed by atoms with Gasteiger partial charge in [0.2, 0.25) is 15.6 Å². The first-order valence-corrected chi connectivity index (χ1v) is 9.19. The van der Waals surface area contributed by atoms with Crippen LogP contribution in [-0.4, -0.2) is 42.0 Å². The highest BCUT2D eigenvalue weighted by atomic mass is 32.2. The van der Waals surface area contributed by atoms with E-state index < -0.39 is 15.9 Å². The number of benzene rings is 1.